The second-order valence-electron chi connectivity index (χ2n) is 6.74. The maximum atomic E-state index is 13.2. The number of nitrogens with one attached hydrogen (secondary N) is 1. The second-order valence-corrected chi connectivity index (χ2v) is 6.74. The standard InChI is InChI=1S/C20H24N4O3.ClH/c25-20(14-16-6-1-2-9-19(16)24(26)27)23(15-17-7-3-4-12-22-17)18-8-5-11-21-13-10-18;/h1-4,6-7,9,12,18,21H,5,8,10-11,13-15H2;1H. The van der Waals surface area contributed by atoms with Gasteiger partial charge in [0.15, 0.2) is 0 Å². The molecule has 7 nitrogen and oxygen atoms in total. The van der Waals surface area contributed by atoms with Crippen LogP contribution in [0.2, 0.25) is 0 Å². The molecule has 1 amide bonds. The van der Waals surface area contributed by atoms with Crippen LogP contribution >= 0.6 is 12.4 Å². The average molecular weight is 405 g/mol. The summed E-state index contributed by atoms with van der Waals surface area (Å²) in [5, 5.41) is 14.6. The van der Waals surface area contributed by atoms with Gasteiger partial charge in [-0.3, -0.25) is 19.9 Å². The fraction of sp³-hybridized carbons (Fsp3) is 0.400. The average Bonchev–Trinajstić information content (AvgIpc) is 2.96. The van der Waals surface area contributed by atoms with Crippen molar-refractivity contribution in [2.45, 2.75) is 38.3 Å². The maximum absolute atomic E-state index is 13.2. The summed E-state index contributed by atoms with van der Waals surface area (Å²) in [5.74, 6) is -0.0955. The number of nitrogens with zero attached hydrogens (tertiary/aromatic N) is 3. The Balaban J connectivity index is 0.00000280. The number of hydrogen-bond acceptors (Lipinski definition) is 5. The predicted molar refractivity (Wildman–Crippen MR) is 109 cm³/mol. The maximum Gasteiger partial charge on any atom is 0.273 e. The van der Waals surface area contributed by atoms with Crippen LogP contribution in [0.4, 0.5) is 5.69 Å². The third-order valence-corrected chi connectivity index (χ3v) is 4.89. The van der Waals surface area contributed by atoms with Crippen molar-refractivity contribution in [2.75, 3.05) is 13.1 Å². The van der Waals surface area contributed by atoms with Crippen LogP contribution in [-0.4, -0.2) is 39.8 Å². The molecule has 1 aromatic heterocycles. The largest absolute Gasteiger partial charge is 0.333 e. The number of pyridine rings is 1. The molecule has 2 heterocycles. The summed E-state index contributed by atoms with van der Waals surface area (Å²) in [6.07, 6.45) is 4.53. The van der Waals surface area contributed by atoms with Gasteiger partial charge < -0.3 is 10.2 Å². The SMILES string of the molecule is Cl.O=C(Cc1ccccc1[N+](=O)[O-])N(Cc1ccccn1)C1CCCNCC1. The van der Waals surface area contributed by atoms with Gasteiger partial charge in [0, 0.05) is 23.9 Å². The molecular formula is C20H25ClN4O3. The monoisotopic (exact) mass is 404 g/mol. The smallest absolute Gasteiger partial charge is 0.273 e. The van der Waals surface area contributed by atoms with Crippen molar-refractivity contribution in [2.24, 2.45) is 0 Å². The summed E-state index contributed by atoms with van der Waals surface area (Å²) in [4.78, 5) is 30.2. The highest BCUT2D eigenvalue weighted by atomic mass is 35.5. The Morgan fingerprint density at radius 2 is 1.96 bits per heavy atom. The van der Waals surface area contributed by atoms with Crippen molar-refractivity contribution in [3.8, 4) is 0 Å². The Labute approximate surface area is 170 Å². The third-order valence-electron chi connectivity index (χ3n) is 4.89. The number of nitro groups is 1. The number of benzene rings is 1. The van der Waals surface area contributed by atoms with Gasteiger partial charge in [0.25, 0.3) is 5.69 Å². The van der Waals surface area contributed by atoms with Crippen LogP contribution in [0.5, 0.6) is 0 Å². The highest BCUT2D eigenvalue weighted by Crippen LogP contribution is 2.22. The van der Waals surface area contributed by atoms with Crippen LogP contribution in [0.1, 0.15) is 30.5 Å². The van der Waals surface area contributed by atoms with Crippen molar-refractivity contribution in [1.82, 2.24) is 15.2 Å². The van der Waals surface area contributed by atoms with E-state index < -0.39 is 4.92 Å². The van der Waals surface area contributed by atoms with Crippen molar-refractivity contribution in [3.05, 3.63) is 70.0 Å². The van der Waals surface area contributed by atoms with Crippen LogP contribution in [-0.2, 0) is 17.8 Å². The van der Waals surface area contributed by atoms with E-state index in [-0.39, 0.29) is 36.5 Å². The number of halogens is 1. The van der Waals surface area contributed by atoms with Crippen molar-refractivity contribution in [3.63, 3.8) is 0 Å². The predicted octanol–water partition coefficient (Wildman–Crippen LogP) is 3.13. The van der Waals surface area contributed by atoms with Crippen LogP contribution in [0.3, 0.4) is 0 Å². The van der Waals surface area contributed by atoms with E-state index in [0.717, 1.165) is 38.0 Å². The molecule has 1 atom stereocenters. The fourth-order valence-electron chi connectivity index (χ4n) is 3.50. The zero-order chi connectivity index (χ0) is 19.1. The Kier molecular flexibility index (Phi) is 8.35. The Hall–Kier alpha value is -2.51. The summed E-state index contributed by atoms with van der Waals surface area (Å²) < 4.78 is 0. The molecule has 0 radical (unpaired) electrons. The molecule has 3 rings (SSSR count). The van der Waals surface area contributed by atoms with Gasteiger partial charge in [-0.1, -0.05) is 24.3 Å². The van der Waals surface area contributed by atoms with E-state index >= 15 is 0 Å². The minimum Gasteiger partial charge on any atom is -0.333 e. The van der Waals surface area contributed by atoms with Gasteiger partial charge in [-0.2, -0.15) is 0 Å². The Bertz CT molecular complexity index is 780. The molecule has 8 heteroatoms. The molecule has 1 unspecified atom stereocenters. The van der Waals surface area contributed by atoms with Gasteiger partial charge >= 0.3 is 0 Å². The van der Waals surface area contributed by atoms with E-state index in [2.05, 4.69) is 10.3 Å². The lowest BCUT2D eigenvalue weighted by molar-refractivity contribution is -0.385. The Morgan fingerprint density at radius 1 is 1.18 bits per heavy atom. The lowest BCUT2D eigenvalue weighted by Gasteiger charge is -2.31. The normalized spacial score (nSPS) is 16.5. The lowest BCUT2D eigenvalue weighted by Crippen LogP contribution is -2.41. The van der Waals surface area contributed by atoms with Gasteiger partial charge in [0.05, 0.1) is 23.6 Å². The Morgan fingerprint density at radius 3 is 2.71 bits per heavy atom. The van der Waals surface area contributed by atoms with Gasteiger partial charge in [0.1, 0.15) is 0 Å². The van der Waals surface area contributed by atoms with Crippen LogP contribution < -0.4 is 5.32 Å². The number of nitro benzene ring substituents is 1. The minimum atomic E-state index is -0.429. The molecule has 1 aliphatic heterocycles. The van der Waals surface area contributed by atoms with Gasteiger partial charge in [-0.25, -0.2) is 0 Å². The molecule has 1 saturated heterocycles. The first-order valence-electron chi connectivity index (χ1n) is 9.27. The molecule has 1 N–H and O–H groups in total. The first kappa shape index (κ1) is 21.8. The summed E-state index contributed by atoms with van der Waals surface area (Å²) >= 11 is 0. The van der Waals surface area contributed by atoms with E-state index in [4.69, 9.17) is 0 Å². The van der Waals surface area contributed by atoms with Crippen LogP contribution in [0, 0.1) is 10.1 Å². The van der Waals surface area contributed by atoms with Crippen LogP contribution in [0.25, 0.3) is 0 Å². The lowest BCUT2D eigenvalue weighted by atomic mass is 10.0. The number of carbonyl (C=O) groups is 1. The zero-order valence-corrected chi connectivity index (χ0v) is 16.4. The van der Waals surface area contributed by atoms with E-state index in [1.165, 1.54) is 6.07 Å². The number of aromatic nitrogens is 1. The zero-order valence-electron chi connectivity index (χ0n) is 15.6. The number of para-hydroxylation sites is 1. The topological polar surface area (TPSA) is 88.4 Å². The molecule has 28 heavy (non-hydrogen) atoms. The molecule has 150 valence electrons. The summed E-state index contributed by atoms with van der Waals surface area (Å²) in [6.45, 7) is 2.24. The highest BCUT2D eigenvalue weighted by molar-refractivity contribution is 5.85. The molecular weight excluding hydrogens is 380 g/mol. The molecule has 0 saturated carbocycles. The summed E-state index contributed by atoms with van der Waals surface area (Å²) in [7, 11) is 0. The number of rotatable bonds is 6. The minimum absolute atomic E-state index is 0. The molecule has 1 aromatic carbocycles. The molecule has 0 spiro atoms. The quantitative estimate of drug-likeness (QED) is 0.590. The summed E-state index contributed by atoms with van der Waals surface area (Å²) in [6, 6.07) is 12.2. The van der Waals surface area contributed by atoms with Gasteiger partial charge in [0.2, 0.25) is 5.91 Å². The van der Waals surface area contributed by atoms with Crippen molar-refractivity contribution in [1.29, 1.82) is 0 Å². The van der Waals surface area contributed by atoms with Crippen LogP contribution in [0.15, 0.2) is 48.7 Å². The van der Waals surface area contributed by atoms with E-state index in [1.54, 1.807) is 24.4 Å². The third kappa shape index (κ3) is 5.74. The first-order chi connectivity index (χ1) is 13.1. The van der Waals surface area contributed by atoms with E-state index in [0.29, 0.717) is 12.1 Å². The van der Waals surface area contributed by atoms with E-state index in [1.807, 2.05) is 23.1 Å². The fourth-order valence-corrected chi connectivity index (χ4v) is 3.50. The second kappa shape index (κ2) is 10.7. The molecule has 1 fully saturated rings. The van der Waals surface area contributed by atoms with Gasteiger partial charge in [-0.05, 0) is 44.5 Å². The van der Waals surface area contributed by atoms with Crippen molar-refractivity contribution >= 4 is 24.0 Å². The van der Waals surface area contributed by atoms with E-state index in [9.17, 15) is 14.9 Å². The molecule has 0 aliphatic carbocycles. The molecule has 2 aromatic rings. The number of amides is 1. The summed E-state index contributed by atoms with van der Waals surface area (Å²) in [5.41, 5.74) is 1.27. The van der Waals surface area contributed by atoms with Gasteiger partial charge in [-0.15, -0.1) is 12.4 Å². The molecule has 0 bridgehead atoms. The highest BCUT2D eigenvalue weighted by Gasteiger charge is 2.27. The van der Waals surface area contributed by atoms with Crippen molar-refractivity contribution < 1.29 is 9.72 Å². The first-order valence-corrected chi connectivity index (χ1v) is 9.27. The number of hydrogen-bond donors (Lipinski definition) is 1. The molecule has 1 aliphatic rings. The number of carbonyl (C=O) groups excluding carboxylic acids is 1.